The van der Waals surface area contributed by atoms with Crippen LogP contribution in [0.5, 0.6) is 0 Å². The van der Waals surface area contributed by atoms with E-state index in [2.05, 4.69) is 23.7 Å². The van der Waals surface area contributed by atoms with Crippen LogP contribution in [0.3, 0.4) is 0 Å². The zero-order valence-corrected chi connectivity index (χ0v) is 16.7. The summed E-state index contributed by atoms with van der Waals surface area (Å²) in [4.78, 5) is 26.6. The molecule has 1 amide bonds. The van der Waals surface area contributed by atoms with Gasteiger partial charge in [0.15, 0.2) is 0 Å². The van der Waals surface area contributed by atoms with Crippen LogP contribution >= 0.6 is 0 Å². The van der Waals surface area contributed by atoms with Crippen LogP contribution in [0.4, 0.5) is 5.82 Å². The summed E-state index contributed by atoms with van der Waals surface area (Å²) in [6, 6.07) is 16.0. The number of amides is 1. The molecule has 1 aliphatic rings. The Labute approximate surface area is 166 Å². The first-order valence-electron chi connectivity index (χ1n) is 9.90. The molecule has 0 saturated carbocycles. The number of fused-ring (bicyclic) bond motifs is 1. The Kier molecular flexibility index (Phi) is 4.99. The highest BCUT2D eigenvalue weighted by molar-refractivity contribution is 6.07. The van der Waals surface area contributed by atoms with Crippen molar-refractivity contribution in [3.63, 3.8) is 0 Å². The second kappa shape index (κ2) is 7.58. The standard InChI is InChI=1S/C23H26N4O/c1-16(2)22-24-17(3)15-21(25-22)26-11-13-27(14-12-26)23(28)20-10-6-8-18-7-4-5-9-19(18)20/h4-10,15-16H,11-14H2,1-3H3. The Bertz CT molecular complexity index is 1000. The molecule has 0 bridgehead atoms. The van der Waals surface area contributed by atoms with Gasteiger partial charge in [0, 0.05) is 49.4 Å². The van der Waals surface area contributed by atoms with Crippen LogP contribution in [0.25, 0.3) is 10.8 Å². The monoisotopic (exact) mass is 374 g/mol. The van der Waals surface area contributed by atoms with Crippen LogP contribution in [0, 0.1) is 6.92 Å². The van der Waals surface area contributed by atoms with Gasteiger partial charge in [0.05, 0.1) is 0 Å². The molecule has 0 radical (unpaired) electrons. The van der Waals surface area contributed by atoms with E-state index in [4.69, 9.17) is 4.98 Å². The number of hydrogen-bond acceptors (Lipinski definition) is 4. The predicted molar refractivity (Wildman–Crippen MR) is 113 cm³/mol. The number of piperazine rings is 1. The van der Waals surface area contributed by atoms with Crippen LogP contribution in [-0.4, -0.2) is 47.0 Å². The number of nitrogens with zero attached hydrogens (tertiary/aromatic N) is 4. The van der Waals surface area contributed by atoms with E-state index < -0.39 is 0 Å². The second-order valence-electron chi connectivity index (χ2n) is 7.69. The maximum absolute atomic E-state index is 13.1. The quantitative estimate of drug-likeness (QED) is 0.695. The van der Waals surface area contributed by atoms with Gasteiger partial charge < -0.3 is 9.80 Å². The van der Waals surface area contributed by atoms with Gasteiger partial charge >= 0.3 is 0 Å². The van der Waals surface area contributed by atoms with Gasteiger partial charge in [-0.1, -0.05) is 50.2 Å². The van der Waals surface area contributed by atoms with Crippen LogP contribution in [0.2, 0.25) is 0 Å². The fourth-order valence-corrected chi connectivity index (χ4v) is 3.72. The number of aryl methyl sites for hydroxylation is 1. The minimum atomic E-state index is 0.109. The molecule has 2 heterocycles. The van der Waals surface area contributed by atoms with Crippen molar-refractivity contribution < 1.29 is 4.79 Å². The predicted octanol–water partition coefficient (Wildman–Crippen LogP) is 4.02. The smallest absolute Gasteiger partial charge is 0.254 e. The van der Waals surface area contributed by atoms with Crippen molar-refractivity contribution in [1.29, 1.82) is 0 Å². The van der Waals surface area contributed by atoms with Crippen LogP contribution < -0.4 is 4.90 Å². The van der Waals surface area contributed by atoms with Gasteiger partial charge in [0.2, 0.25) is 0 Å². The topological polar surface area (TPSA) is 49.3 Å². The Hall–Kier alpha value is -2.95. The molecule has 4 rings (SSSR count). The van der Waals surface area contributed by atoms with E-state index in [0.29, 0.717) is 19.0 Å². The average molecular weight is 374 g/mol. The maximum Gasteiger partial charge on any atom is 0.254 e. The lowest BCUT2D eigenvalue weighted by molar-refractivity contribution is 0.0748. The lowest BCUT2D eigenvalue weighted by Crippen LogP contribution is -2.49. The Morgan fingerprint density at radius 2 is 1.68 bits per heavy atom. The van der Waals surface area contributed by atoms with E-state index in [1.165, 1.54) is 0 Å². The van der Waals surface area contributed by atoms with Crippen molar-refractivity contribution in [3.05, 3.63) is 65.6 Å². The normalized spacial score (nSPS) is 14.7. The summed E-state index contributed by atoms with van der Waals surface area (Å²) in [5, 5.41) is 2.12. The van der Waals surface area contributed by atoms with Gasteiger partial charge in [0.25, 0.3) is 5.91 Å². The summed E-state index contributed by atoms with van der Waals surface area (Å²) < 4.78 is 0. The van der Waals surface area contributed by atoms with Gasteiger partial charge in [-0.25, -0.2) is 9.97 Å². The molecular formula is C23H26N4O. The van der Waals surface area contributed by atoms with Crippen molar-refractivity contribution in [2.75, 3.05) is 31.1 Å². The molecule has 5 nitrogen and oxygen atoms in total. The molecule has 0 N–H and O–H groups in total. The van der Waals surface area contributed by atoms with E-state index in [1.54, 1.807) is 0 Å². The van der Waals surface area contributed by atoms with E-state index in [0.717, 1.165) is 46.8 Å². The first-order chi connectivity index (χ1) is 13.5. The minimum Gasteiger partial charge on any atom is -0.353 e. The average Bonchev–Trinajstić information content (AvgIpc) is 2.72. The molecule has 5 heteroatoms. The molecule has 0 spiro atoms. The number of anilines is 1. The van der Waals surface area contributed by atoms with Crippen molar-refractivity contribution in [3.8, 4) is 0 Å². The molecule has 0 aliphatic carbocycles. The Balaban J connectivity index is 1.50. The largest absolute Gasteiger partial charge is 0.353 e. The summed E-state index contributed by atoms with van der Waals surface area (Å²) in [5.74, 6) is 2.25. The molecular weight excluding hydrogens is 348 g/mol. The molecule has 2 aromatic carbocycles. The fourth-order valence-electron chi connectivity index (χ4n) is 3.72. The van der Waals surface area contributed by atoms with Crippen LogP contribution in [-0.2, 0) is 0 Å². The number of carbonyl (C=O) groups excluding carboxylic acids is 1. The zero-order chi connectivity index (χ0) is 19.7. The third-order valence-electron chi connectivity index (χ3n) is 5.29. The number of carbonyl (C=O) groups is 1. The molecule has 144 valence electrons. The SMILES string of the molecule is Cc1cc(N2CCN(C(=O)c3cccc4ccccc34)CC2)nc(C(C)C)n1. The minimum absolute atomic E-state index is 0.109. The van der Waals surface area contributed by atoms with E-state index in [9.17, 15) is 4.79 Å². The highest BCUT2D eigenvalue weighted by Crippen LogP contribution is 2.22. The third-order valence-corrected chi connectivity index (χ3v) is 5.29. The summed E-state index contributed by atoms with van der Waals surface area (Å²) in [5.41, 5.74) is 1.77. The van der Waals surface area contributed by atoms with Crippen molar-refractivity contribution in [2.45, 2.75) is 26.7 Å². The lowest BCUT2D eigenvalue weighted by atomic mass is 10.0. The Morgan fingerprint density at radius 1 is 0.964 bits per heavy atom. The first-order valence-corrected chi connectivity index (χ1v) is 9.90. The maximum atomic E-state index is 13.1. The zero-order valence-electron chi connectivity index (χ0n) is 16.7. The third kappa shape index (κ3) is 3.57. The fraction of sp³-hybridized carbons (Fsp3) is 0.348. The lowest BCUT2D eigenvalue weighted by Gasteiger charge is -2.36. The molecule has 0 unspecified atom stereocenters. The summed E-state index contributed by atoms with van der Waals surface area (Å²) in [6.07, 6.45) is 0. The summed E-state index contributed by atoms with van der Waals surface area (Å²) >= 11 is 0. The van der Waals surface area contributed by atoms with E-state index >= 15 is 0 Å². The van der Waals surface area contributed by atoms with E-state index in [-0.39, 0.29) is 5.91 Å². The first kappa shape index (κ1) is 18.4. The summed E-state index contributed by atoms with van der Waals surface area (Å²) in [7, 11) is 0. The Morgan fingerprint density at radius 3 is 2.43 bits per heavy atom. The van der Waals surface area contributed by atoms with Gasteiger partial charge in [-0.3, -0.25) is 4.79 Å². The number of rotatable bonds is 3. The summed E-state index contributed by atoms with van der Waals surface area (Å²) in [6.45, 7) is 9.19. The van der Waals surface area contributed by atoms with Gasteiger partial charge in [-0.15, -0.1) is 0 Å². The highest BCUT2D eigenvalue weighted by Gasteiger charge is 2.24. The second-order valence-corrected chi connectivity index (χ2v) is 7.69. The van der Waals surface area contributed by atoms with Crippen molar-refractivity contribution in [1.82, 2.24) is 14.9 Å². The molecule has 1 aliphatic heterocycles. The van der Waals surface area contributed by atoms with Crippen molar-refractivity contribution in [2.24, 2.45) is 0 Å². The number of aromatic nitrogens is 2. The van der Waals surface area contributed by atoms with E-state index in [1.807, 2.05) is 60.4 Å². The van der Waals surface area contributed by atoms with Gasteiger partial charge in [0.1, 0.15) is 11.6 Å². The molecule has 1 aromatic heterocycles. The van der Waals surface area contributed by atoms with Gasteiger partial charge in [-0.05, 0) is 23.8 Å². The van der Waals surface area contributed by atoms with Crippen molar-refractivity contribution >= 4 is 22.5 Å². The number of benzene rings is 2. The van der Waals surface area contributed by atoms with Gasteiger partial charge in [-0.2, -0.15) is 0 Å². The van der Waals surface area contributed by atoms with Crippen LogP contribution in [0.1, 0.15) is 41.6 Å². The molecule has 1 saturated heterocycles. The molecule has 1 fully saturated rings. The van der Waals surface area contributed by atoms with Crippen LogP contribution in [0.15, 0.2) is 48.5 Å². The number of hydrogen-bond donors (Lipinski definition) is 0. The molecule has 28 heavy (non-hydrogen) atoms. The molecule has 0 atom stereocenters. The highest BCUT2D eigenvalue weighted by atomic mass is 16.2. The molecule has 3 aromatic rings.